The van der Waals surface area contributed by atoms with Gasteiger partial charge in [0.05, 0.1) is 10.7 Å². The lowest BCUT2D eigenvalue weighted by molar-refractivity contribution is -0.126. The second-order valence-corrected chi connectivity index (χ2v) is 6.88. The summed E-state index contributed by atoms with van der Waals surface area (Å²) < 4.78 is 16.5. The van der Waals surface area contributed by atoms with E-state index in [-0.39, 0.29) is 11.7 Å². The molecule has 1 amide bonds. The number of hydrogen-bond donors (Lipinski definition) is 0. The summed E-state index contributed by atoms with van der Waals surface area (Å²) in [5.41, 5.74) is 1.02. The topological polar surface area (TPSA) is 38.1 Å². The van der Waals surface area contributed by atoms with Gasteiger partial charge in [-0.2, -0.15) is 5.10 Å². The van der Waals surface area contributed by atoms with Gasteiger partial charge in [0.25, 0.3) is 0 Å². The van der Waals surface area contributed by atoms with Gasteiger partial charge in [-0.25, -0.2) is 9.07 Å². The Balaban J connectivity index is 1.70. The van der Waals surface area contributed by atoms with Crippen molar-refractivity contribution in [1.29, 1.82) is 0 Å². The molecule has 2 aromatic rings. The fourth-order valence-corrected chi connectivity index (χ4v) is 2.79. The molecule has 0 unspecified atom stereocenters. The highest BCUT2D eigenvalue weighted by Crippen LogP contribution is 2.29. The summed E-state index contributed by atoms with van der Waals surface area (Å²) in [6, 6.07) is 4.83. The van der Waals surface area contributed by atoms with Crippen LogP contribution in [-0.4, -0.2) is 33.7 Å². The second-order valence-electron chi connectivity index (χ2n) is 5.97. The first-order chi connectivity index (χ1) is 11.6. The van der Waals surface area contributed by atoms with E-state index in [2.05, 4.69) is 21.0 Å². The first-order valence-electron chi connectivity index (χ1n) is 8.04. The Hall–Kier alpha value is -1.95. The molecule has 0 bridgehead atoms. The maximum Gasteiger partial charge on any atom is 0.246 e. The third-order valence-electron chi connectivity index (χ3n) is 4.06. The van der Waals surface area contributed by atoms with Crippen molar-refractivity contribution in [2.24, 2.45) is 5.92 Å². The van der Waals surface area contributed by atoms with E-state index in [4.69, 9.17) is 0 Å². The van der Waals surface area contributed by atoms with Crippen molar-refractivity contribution in [3.8, 4) is 5.69 Å². The van der Waals surface area contributed by atoms with E-state index in [1.807, 2.05) is 11.8 Å². The molecule has 0 spiro atoms. The number of amides is 1. The minimum Gasteiger partial charge on any atom is -0.339 e. The fourth-order valence-electron chi connectivity index (χ4n) is 2.51. The van der Waals surface area contributed by atoms with Crippen molar-refractivity contribution in [3.63, 3.8) is 0 Å². The molecule has 0 radical (unpaired) electrons. The molecule has 6 heteroatoms. The summed E-state index contributed by atoms with van der Waals surface area (Å²) >= 11 is 3.29. The molecule has 0 atom stereocenters. The fraction of sp³-hybridized carbons (Fsp3) is 0.333. The number of rotatable bonds is 6. The van der Waals surface area contributed by atoms with Crippen LogP contribution in [0.4, 0.5) is 4.39 Å². The largest absolute Gasteiger partial charge is 0.339 e. The van der Waals surface area contributed by atoms with E-state index in [0.29, 0.717) is 23.7 Å². The minimum atomic E-state index is -0.384. The van der Waals surface area contributed by atoms with Gasteiger partial charge in [-0.15, -0.1) is 0 Å². The lowest BCUT2D eigenvalue weighted by Crippen LogP contribution is -2.31. The van der Waals surface area contributed by atoms with Gasteiger partial charge in [0, 0.05) is 25.4 Å². The van der Waals surface area contributed by atoms with E-state index >= 15 is 0 Å². The van der Waals surface area contributed by atoms with E-state index in [9.17, 15) is 9.18 Å². The molecule has 1 fully saturated rings. The normalized spacial score (nSPS) is 14.3. The number of likely N-dealkylation sites (N-methyl/N-ethyl adjacent to an activating group) is 1. The van der Waals surface area contributed by atoms with Crippen LogP contribution in [0.25, 0.3) is 11.8 Å². The average molecular weight is 392 g/mol. The summed E-state index contributed by atoms with van der Waals surface area (Å²) in [5, 5.41) is 4.07. The molecule has 24 heavy (non-hydrogen) atoms. The first kappa shape index (κ1) is 16.9. The molecule has 1 aromatic heterocycles. The molecule has 1 heterocycles. The summed E-state index contributed by atoms with van der Waals surface area (Å²) in [4.78, 5) is 14.0. The highest BCUT2D eigenvalue weighted by Gasteiger charge is 2.25. The molecular formula is C18H19BrFN3O. The van der Waals surface area contributed by atoms with Gasteiger partial charge in [-0.1, -0.05) is 6.07 Å². The predicted molar refractivity (Wildman–Crippen MR) is 95.2 cm³/mol. The molecule has 126 valence electrons. The summed E-state index contributed by atoms with van der Waals surface area (Å²) in [6.07, 6.45) is 8.89. The van der Waals surface area contributed by atoms with Crippen LogP contribution in [0.15, 0.2) is 41.1 Å². The van der Waals surface area contributed by atoms with Crippen LogP contribution in [0.1, 0.15) is 25.3 Å². The van der Waals surface area contributed by atoms with Gasteiger partial charge in [-0.05, 0) is 65.4 Å². The first-order valence-corrected chi connectivity index (χ1v) is 8.83. The van der Waals surface area contributed by atoms with Crippen LogP contribution >= 0.6 is 15.9 Å². The number of benzene rings is 1. The standard InChI is InChI=1S/C18H19BrFN3O/c1-2-22(11-14-3-4-14)18(24)8-6-13-5-7-17(16(20)9-13)23-12-15(19)10-21-23/h5-10,12,14H,2-4,11H2,1H3/b8-6+. The summed E-state index contributed by atoms with van der Waals surface area (Å²) in [5.74, 6) is 0.253. The van der Waals surface area contributed by atoms with Crippen molar-refractivity contribution in [3.05, 3.63) is 52.5 Å². The van der Waals surface area contributed by atoms with Crippen LogP contribution in [0.3, 0.4) is 0 Å². The molecule has 0 saturated heterocycles. The lowest BCUT2D eigenvalue weighted by Gasteiger charge is -2.18. The SMILES string of the molecule is CCN(CC1CC1)C(=O)/C=C/c1ccc(-n2cc(Br)cn2)c(F)c1. The second kappa shape index (κ2) is 7.30. The zero-order valence-electron chi connectivity index (χ0n) is 13.5. The average Bonchev–Trinajstić information content (AvgIpc) is 3.29. The third-order valence-corrected chi connectivity index (χ3v) is 4.47. The number of halogens is 2. The van der Waals surface area contributed by atoms with Crippen molar-refractivity contribution < 1.29 is 9.18 Å². The Morgan fingerprint density at radius 3 is 2.88 bits per heavy atom. The molecule has 0 N–H and O–H groups in total. The zero-order valence-corrected chi connectivity index (χ0v) is 15.0. The van der Waals surface area contributed by atoms with Crippen molar-refractivity contribution in [1.82, 2.24) is 14.7 Å². The van der Waals surface area contributed by atoms with Gasteiger partial charge >= 0.3 is 0 Å². The Labute approximate surface area is 149 Å². The predicted octanol–water partition coefficient (Wildman–Crippen LogP) is 4.05. The van der Waals surface area contributed by atoms with Gasteiger partial charge < -0.3 is 4.90 Å². The highest BCUT2D eigenvalue weighted by atomic mass is 79.9. The Bertz CT molecular complexity index is 767. The van der Waals surface area contributed by atoms with E-state index in [0.717, 1.165) is 11.0 Å². The van der Waals surface area contributed by atoms with E-state index < -0.39 is 0 Å². The molecule has 1 saturated carbocycles. The van der Waals surface area contributed by atoms with Crippen LogP contribution in [-0.2, 0) is 4.79 Å². The van der Waals surface area contributed by atoms with Gasteiger partial charge in [0.1, 0.15) is 11.5 Å². The third kappa shape index (κ3) is 4.12. The lowest BCUT2D eigenvalue weighted by atomic mass is 10.1. The summed E-state index contributed by atoms with van der Waals surface area (Å²) in [7, 11) is 0. The number of carbonyl (C=O) groups excluding carboxylic acids is 1. The van der Waals surface area contributed by atoms with Gasteiger partial charge in [0.2, 0.25) is 5.91 Å². The van der Waals surface area contributed by atoms with Crippen LogP contribution < -0.4 is 0 Å². The number of aromatic nitrogens is 2. The zero-order chi connectivity index (χ0) is 17.1. The van der Waals surface area contributed by atoms with Crippen LogP contribution in [0, 0.1) is 11.7 Å². The number of carbonyl (C=O) groups is 1. The molecule has 1 aliphatic carbocycles. The van der Waals surface area contributed by atoms with Crippen molar-refractivity contribution in [2.45, 2.75) is 19.8 Å². The Morgan fingerprint density at radius 2 is 2.29 bits per heavy atom. The monoisotopic (exact) mass is 391 g/mol. The maximum absolute atomic E-state index is 14.3. The van der Waals surface area contributed by atoms with Crippen LogP contribution in [0.2, 0.25) is 0 Å². The molecule has 0 aliphatic heterocycles. The van der Waals surface area contributed by atoms with E-state index in [1.54, 1.807) is 30.6 Å². The molecule has 3 rings (SSSR count). The quantitative estimate of drug-likeness (QED) is 0.696. The molecule has 1 aliphatic rings. The van der Waals surface area contributed by atoms with Crippen molar-refractivity contribution >= 4 is 27.9 Å². The molecule has 1 aromatic carbocycles. The Kier molecular flexibility index (Phi) is 5.14. The van der Waals surface area contributed by atoms with Gasteiger partial charge in [-0.3, -0.25) is 4.79 Å². The summed E-state index contributed by atoms with van der Waals surface area (Å²) in [6.45, 7) is 3.49. The van der Waals surface area contributed by atoms with E-state index in [1.165, 1.54) is 29.7 Å². The number of nitrogens with zero attached hydrogens (tertiary/aromatic N) is 3. The van der Waals surface area contributed by atoms with Gasteiger partial charge in [0.15, 0.2) is 0 Å². The Morgan fingerprint density at radius 1 is 1.50 bits per heavy atom. The van der Waals surface area contributed by atoms with Crippen LogP contribution in [0.5, 0.6) is 0 Å². The minimum absolute atomic E-state index is 0.0232. The highest BCUT2D eigenvalue weighted by molar-refractivity contribution is 9.10. The molecular weight excluding hydrogens is 373 g/mol. The maximum atomic E-state index is 14.3. The molecule has 4 nitrogen and oxygen atoms in total. The van der Waals surface area contributed by atoms with Crippen molar-refractivity contribution in [2.75, 3.05) is 13.1 Å². The smallest absolute Gasteiger partial charge is 0.246 e. The number of hydrogen-bond acceptors (Lipinski definition) is 2.